The number of aromatic nitrogens is 2. The number of carbonyl (C=O) groups is 1. The highest BCUT2D eigenvalue weighted by Crippen LogP contribution is 2.30. The van der Waals surface area contributed by atoms with Crippen LogP contribution in [0.4, 0.5) is 5.82 Å². The van der Waals surface area contributed by atoms with Crippen molar-refractivity contribution in [1.29, 1.82) is 0 Å². The Morgan fingerprint density at radius 2 is 1.79 bits per heavy atom. The molecule has 180 valence electrons. The summed E-state index contributed by atoms with van der Waals surface area (Å²) in [5, 5.41) is 0.704. The molecule has 6 heteroatoms. The van der Waals surface area contributed by atoms with E-state index in [0.717, 1.165) is 66.0 Å². The summed E-state index contributed by atoms with van der Waals surface area (Å²) in [5.41, 5.74) is 5.18. The molecule has 0 fully saturated rings. The van der Waals surface area contributed by atoms with Crippen molar-refractivity contribution in [2.45, 2.75) is 66.3 Å². The number of aryl methyl sites for hydroxylation is 1. The van der Waals surface area contributed by atoms with E-state index in [4.69, 9.17) is 16.3 Å². The summed E-state index contributed by atoms with van der Waals surface area (Å²) in [5.74, 6) is 1.42. The summed E-state index contributed by atoms with van der Waals surface area (Å²) in [6.07, 6.45) is 5.80. The van der Waals surface area contributed by atoms with Gasteiger partial charge in [-0.1, -0.05) is 63.1 Å². The SMILES string of the molecule is CCCCN(Cc1ccc(OC(=O)CCC)c(CC)c1)c1ncnc(-c2ccc(Cl)cc2)c1C. The highest BCUT2D eigenvalue weighted by atomic mass is 35.5. The van der Waals surface area contributed by atoms with Gasteiger partial charge in [0.25, 0.3) is 0 Å². The Morgan fingerprint density at radius 1 is 1.03 bits per heavy atom. The normalized spacial score (nSPS) is 10.9. The van der Waals surface area contributed by atoms with Gasteiger partial charge in [-0.3, -0.25) is 4.79 Å². The molecule has 1 heterocycles. The first-order valence-electron chi connectivity index (χ1n) is 12.1. The van der Waals surface area contributed by atoms with E-state index in [-0.39, 0.29) is 5.97 Å². The van der Waals surface area contributed by atoms with Crippen molar-refractivity contribution in [3.8, 4) is 17.0 Å². The number of carbonyl (C=O) groups excluding carboxylic acids is 1. The van der Waals surface area contributed by atoms with Crippen LogP contribution in [0.1, 0.15) is 63.1 Å². The topological polar surface area (TPSA) is 55.3 Å². The molecule has 0 unspecified atom stereocenters. The van der Waals surface area contributed by atoms with E-state index in [0.29, 0.717) is 23.7 Å². The Kier molecular flexibility index (Phi) is 9.46. The van der Waals surface area contributed by atoms with Crippen LogP contribution < -0.4 is 9.64 Å². The minimum absolute atomic E-state index is 0.180. The van der Waals surface area contributed by atoms with Crippen LogP contribution in [0.25, 0.3) is 11.3 Å². The molecule has 0 amide bonds. The third kappa shape index (κ3) is 6.57. The number of nitrogens with zero attached hydrogens (tertiary/aromatic N) is 3. The first-order valence-corrected chi connectivity index (χ1v) is 12.5. The minimum Gasteiger partial charge on any atom is -0.426 e. The summed E-state index contributed by atoms with van der Waals surface area (Å²) >= 11 is 6.08. The van der Waals surface area contributed by atoms with E-state index in [1.54, 1.807) is 6.33 Å². The zero-order valence-corrected chi connectivity index (χ0v) is 21.4. The fraction of sp³-hybridized carbons (Fsp3) is 0.393. The van der Waals surface area contributed by atoms with Crippen LogP contribution in [0.15, 0.2) is 48.8 Å². The maximum Gasteiger partial charge on any atom is 0.311 e. The predicted octanol–water partition coefficient (Wildman–Crippen LogP) is 7.18. The van der Waals surface area contributed by atoms with Crippen LogP contribution >= 0.6 is 11.6 Å². The van der Waals surface area contributed by atoms with Crippen LogP contribution in [0.2, 0.25) is 5.02 Å². The second-order valence-corrected chi connectivity index (χ2v) is 8.91. The maximum atomic E-state index is 12.0. The lowest BCUT2D eigenvalue weighted by Crippen LogP contribution is -2.26. The molecule has 2 aromatic carbocycles. The quantitative estimate of drug-likeness (QED) is 0.215. The molecule has 0 saturated carbocycles. The van der Waals surface area contributed by atoms with E-state index in [1.807, 2.05) is 43.3 Å². The lowest BCUT2D eigenvalue weighted by Gasteiger charge is -2.26. The molecule has 0 aliphatic rings. The van der Waals surface area contributed by atoms with E-state index < -0.39 is 0 Å². The third-order valence-electron chi connectivity index (χ3n) is 5.81. The van der Waals surface area contributed by atoms with Gasteiger partial charge in [0.2, 0.25) is 0 Å². The molecule has 0 bridgehead atoms. The molecule has 0 spiro atoms. The zero-order valence-electron chi connectivity index (χ0n) is 20.6. The first kappa shape index (κ1) is 25.7. The largest absolute Gasteiger partial charge is 0.426 e. The van der Waals surface area contributed by atoms with Gasteiger partial charge >= 0.3 is 5.97 Å². The Balaban J connectivity index is 1.90. The molecule has 0 radical (unpaired) electrons. The molecular weight excluding hydrogens is 446 g/mol. The van der Waals surface area contributed by atoms with Gasteiger partial charge in [-0.25, -0.2) is 9.97 Å². The van der Waals surface area contributed by atoms with Crippen molar-refractivity contribution >= 4 is 23.4 Å². The number of hydrogen-bond donors (Lipinski definition) is 0. The number of rotatable bonds is 11. The number of anilines is 1. The standard InChI is InChI=1S/C28H34ClN3O2/c1-5-8-16-32(18-21-10-15-25(22(7-3)17-21)34-26(33)9-6-2)28-20(4)27(30-19-31-28)23-11-13-24(29)14-12-23/h10-15,17,19H,5-9,16,18H2,1-4H3. The first-order chi connectivity index (χ1) is 16.5. The number of unbranched alkanes of at least 4 members (excludes halogenated alkanes) is 1. The fourth-order valence-corrected chi connectivity index (χ4v) is 4.10. The average Bonchev–Trinajstić information content (AvgIpc) is 2.83. The number of ether oxygens (including phenoxy) is 1. The van der Waals surface area contributed by atoms with Gasteiger partial charge in [-0.2, -0.15) is 0 Å². The van der Waals surface area contributed by atoms with Gasteiger partial charge in [0.05, 0.1) is 5.69 Å². The molecule has 0 N–H and O–H groups in total. The third-order valence-corrected chi connectivity index (χ3v) is 6.07. The van der Waals surface area contributed by atoms with Crippen molar-refractivity contribution in [3.63, 3.8) is 0 Å². The van der Waals surface area contributed by atoms with Crippen LogP contribution in [-0.4, -0.2) is 22.5 Å². The van der Waals surface area contributed by atoms with Crippen LogP contribution in [0, 0.1) is 6.92 Å². The van der Waals surface area contributed by atoms with Crippen LogP contribution in [0.5, 0.6) is 5.75 Å². The number of hydrogen-bond acceptors (Lipinski definition) is 5. The highest BCUT2D eigenvalue weighted by molar-refractivity contribution is 6.30. The van der Waals surface area contributed by atoms with E-state index in [2.05, 4.69) is 41.7 Å². The average molecular weight is 480 g/mol. The summed E-state index contributed by atoms with van der Waals surface area (Å²) in [6, 6.07) is 13.9. The second-order valence-electron chi connectivity index (χ2n) is 8.47. The summed E-state index contributed by atoms with van der Waals surface area (Å²) in [6.45, 7) is 9.93. The van der Waals surface area contributed by atoms with Crippen molar-refractivity contribution in [1.82, 2.24) is 9.97 Å². The Hall–Kier alpha value is -2.92. The van der Waals surface area contributed by atoms with Gasteiger partial charge < -0.3 is 9.64 Å². The summed E-state index contributed by atoms with van der Waals surface area (Å²) in [4.78, 5) is 23.5. The van der Waals surface area contributed by atoms with Crippen LogP contribution in [-0.2, 0) is 17.8 Å². The molecule has 5 nitrogen and oxygen atoms in total. The Bertz CT molecular complexity index is 1100. The lowest BCUT2D eigenvalue weighted by atomic mass is 10.1. The van der Waals surface area contributed by atoms with Crippen molar-refractivity contribution in [2.24, 2.45) is 0 Å². The molecular formula is C28H34ClN3O2. The molecule has 0 atom stereocenters. The number of benzene rings is 2. The van der Waals surface area contributed by atoms with Crippen molar-refractivity contribution in [2.75, 3.05) is 11.4 Å². The second kappa shape index (κ2) is 12.5. The van der Waals surface area contributed by atoms with Gasteiger partial charge in [-0.15, -0.1) is 0 Å². The summed E-state index contributed by atoms with van der Waals surface area (Å²) < 4.78 is 5.60. The Morgan fingerprint density at radius 3 is 2.47 bits per heavy atom. The molecule has 1 aromatic heterocycles. The minimum atomic E-state index is -0.180. The van der Waals surface area contributed by atoms with E-state index in [9.17, 15) is 4.79 Å². The van der Waals surface area contributed by atoms with Crippen LogP contribution in [0.3, 0.4) is 0 Å². The number of halogens is 1. The predicted molar refractivity (Wildman–Crippen MR) is 140 cm³/mol. The lowest BCUT2D eigenvalue weighted by molar-refractivity contribution is -0.134. The van der Waals surface area contributed by atoms with E-state index in [1.165, 1.54) is 0 Å². The fourth-order valence-electron chi connectivity index (χ4n) is 3.97. The van der Waals surface area contributed by atoms with Crippen molar-refractivity contribution < 1.29 is 9.53 Å². The van der Waals surface area contributed by atoms with E-state index >= 15 is 0 Å². The monoisotopic (exact) mass is 479 g/mol. The molecule has 3 aromatic rings. The Labute approximate surface area is 208 Å². The van der Waals surface area contributed by atoms with Gasteiger partial charge in [0, 0.05) is 35.7 Å². The van der Waals surface area contributed by atoms with Gasteiger partial charge in [0.15, 0.2) is 0 Å². The summed E-state index contributed by atoms with van der Waals surface area (Å²) in [7, 11) is 0. The molecule has 0 aliphatic carbocycles. The van der Waals surface area contributed by atoms with Crippen molar-refractivity contribution in [3.05, 3.63) is 70.5 Å². The zero-order chi connectivity index (χ0) is 24.5. The smallest absolute Gasteiger partial charge is 0.311 e. The molecule has 0 aliphatic heterocycles. The molecule has 3 rings (SSSR count). The number of esters is 1. The highest BCUT2D eigenvalue weighted by Gasteiger charge is 2.17. The maximum absolute atomic E-state index is 12.0. The van der Waals surface area contributed by atoms with Gasteiger partial charge in [0.1, 0.15) is 17.9 Å². The van der Waals surface area contributed by atoms with Gasteiger partial charge in [-0.05, 0) is 55.5 Å². The molecule has 34 heavy (non-hydrogen) atoms. The molecule has 0 saturated heterocycles.